The van der Waals surface area contributed by atoms with E-state index in [9.17, 15) is 0 Å². The molecule has 12 heavy (non-hydrogen) atoms. The van der Waals surface area contributed by atoms with Gasteiger partial charge < -0.3 is 5.11 Å². The van der Waals surface area contributed by atoms with Crippen molar-refractivity contribution in [2.75, 3.05) is 18.1 Å². The lowest BCUT2D eigenvalue weighted by atomic mass is 9.92. The van der Waals surface area contributed by atoms with Gasteiger partial charge in [0.1, 0.15) is 0 Å². The van der Waals surface area contributed by atoms with Gasteiger partial charge in [-0.15, -0.1) is 0 Å². The van der Waals surface area contributed by atoms with Crippen molar-refractivity contribution in [2.45, 2.75) is 33.6 Å². The molecule has 0 aromatic heterocycles. The molecule has 0 saturated carbocycles. The van der Waals surface area contributed by atoms with E-state index in [0.29, 0.717) is 18.4 Å². The lowest BCUT2D eigenvalue weighted by Gasteiger charge is -2.17. The molecule has 0 aromatic rings. The van der Waals surface area contributed by atoms with E-state index in [1.807, 2.05) is 11.8 Å². The van der Waals surface area contributed by atoms with Crippen LogP contribution in [-0.4, -0.2) is 23.2 Å². The van der Waals surface area contributed by atoms with Gasteiger partial charge in [0.05, 0.1) is 0 Å². The zero-order valence-corrected chi connectivity index (χ0v) is 9.36. The van der Waals surface area contributed by atoms with Crippen LogP contribution >= 0.6 is 11.8 Å². The molecule has 0 aliphatic rings. The second-order valence-corrected chi connectivity index (χ2v) is 4.92. The fourth-order valence-electron chi connectivity index (χ4n) is 1.23. The van der Waals surface area contributed by atoms with E-state index in [0.717, 1.165) is 0 Å². The summed E-state index contributed by atoms with van der Waals surface area (Å²) in [5.74, 6) is 3.61. The SMILES string of the molecule is CCSCCCC(CO)C(C)C. The van der Waals surface area contributed by atoms with Crippen molar-refractivity contribution < 1.29 is 5.11 Å². The van der Waals surface area contributed by atoms with E-state index >= 15 is 0 Å². The summed E-state index contributed by atoms with van der Waals surface area (Å²) in [7, 11) is 0. The van der Waals surface area contributed by atoms with Crippen molar-refractivity contribution in [1.29, 1.82) is 0 Å². The average Bonchev–Trinajstić information content (AvgIpc) is 2.04. The Balaban J connectivity index is 3.32. The van der Waals surface area contributed by atoms with E-state index in [2.05, 4.69) is 20.8 Å². The predicted molar refractivity (Wildman–Crippen MR) is 57.6 cm³/mol. The Morgan fingerprint density at radius 2 is 2.00 bits per heavy atom. The second kappa shape index (κ2) is 7.93. The van der Waals surface area contributed by atoms with E-state index in [1.54, 1.807) is 0 Å². The van der Waals surface area contributed by atoms with Gasteiger partial charge in [-0.2, -0.15) is 11.8 Å². The molecule has 0 aliphatic heterocycles. The van der Waals surface area contributed by atoms with Crippen molar-refractivity contribution >= 4 is 11.8 Å². The predicted octanol–water partition coefficient (Wildman–Crippen LogP) is 2.78. The number of aliphatic hydroxyl groups excluding tert-OH is 1. The van der Waals surface area contributed by atoms with Crippen LogP contribution in [0.4, 0.5) is 0 Å². The Morgan fingerprint density at radius 3 is 2.42 bits per heavy atom. The molecule has 1 unspecified atom stereocenters. The minimum atomic E-state index is 0.356. The van der Waals surface area contributed by atoms with Gasteiger partial charge in [0.15, 0.2) is 0 Å². The third-order valence-electron chi connectivity index (χ3n) is 2.25. The van der Waals surface area contributed by atoms with Crippen LogP contribution in [0.3, 0.4) is 0 Å². The highest BCUT2D eigenvalue weighted by Crippen LogP contribution is 2.17. The molecule has 0 aromatic carbocycles. The van der Waals surface area contributed by atoms with Crippen molar-refractivity contribution in [1.82, 2.24) is 0 Å². The van der Waals surface area contributed by atoms with Gasteiger partial charge in [-0.05, 0) is 36.2 Å². The number of thioether (sulfide) groups is 1. The van der Waals surface area contributed by atoms with Crippen molar-refractivity contribution in [2.24, 2.45) is 11.8 Å². The Bertz CT molecular complexity index is 93.8. The Morgan fingerprint density at radius 1 is 1.33 bits per heavy atom. The molecule has 0 aliphatic carbocycles. The zero-order chi connectivity index (χ0) is 9.40. The van der Waals surface area contributed by atoms with Crippen LogP contribution in [0.2, 0.25) is 0 Å². The average molecular weight is 190 g/mol. The molecule has 1 N–H and O–H groups in total. The van der Waals surface area contributed by atoms with Gasteiger partial charge >= 0.3 is 0 Å². The number of rotatable bonds is 7. The lowest BCUT2D eigenvalue weighted by molar-refractivity contribution is 0.181. The fraction of sp³-hybridized carbons (Fsp3) is 1.00. The molecule has 0 spiro atoms. The van der Waals surface area contributed by atoms with Crippen LogP contribution in [-0.2, 0) is 0 Å². The standard InChI is InChI=1S/C10H22OS/c1-4-12-7-5-6-10(8-11)9(2)3/h9-11H,4-8H2,1-3H3. The van der Waals surface area contributed by atoms with Crippen LogP contribution in [0.25, 0.3) is 0 Å². The number of hydrogen-bond donors (Lipinski definition) is 1. The highest BCUT2D eigenvalue weighted by atomic mass is 32.2. The molecule has 0 amide bonds. The number of hydrogen-bond acceptors (Lipinski definition) is 2. The molecule has 0 bridgehead atoms. The molecule has 0 heterocycles. The minimum absolute atomic E-state index is 0.356. The third-order valence-corrected chi connectivity index (χ3v) is 3.23. The summed E-state index contributed by atoms with van der Waals surface area (Å²) in [6.07, 6.45) is 2.43. The maximum atomic E-state index is 9.05. The quantitative estimate of drug-likeness (QED) is 0.623. The Labute approximate surface area is 80.9 Å². The van der Waals surface area contributed by atoms with Crippen LogP contribution in [0, 0.1) is 11.8 Å². The molecule has 74 valence electrons. The molecular formula is C10H22OS. The maximum absolute atomic E-state index is 9.05. The maximum Gasteiger partial charge on any atom is 0.0461 e. The van der Waals surface area contributed by atoms with Gasteiger partial charge in [-0.3, -0.25) is 0 Å². The van der Waals surface area contributed by atoms with Gasteiger partial charge in [0.25, 0.3) is 0 Å². The van der Waals surface area contributed by atoms with Crippen LogP contribution < -0.4 is 0 Å². The highest BCUT2D eigenvalue weighted by molar-refractivity contribution is 7.99. The normalized spacial score (nSPS) is 13.8. The van der Waals surface area contributed by atoms with Crippen molar-refractivity contribution in [3.8, 4) is 0 Å². The summed E-state index contributed by atoms with van der Waals surface area (Å²) in [5.41, 5.74) is 0. The summed E-state index contributed by atoms with van der Waals surface area (Å²) in [5, 5.41) is 9.05. The molecule has 2 heteroatoms. The number of aliphatic hydroxyl groups is 1. The lowest BCUT2D eigenvalue weighted by Crippen LogP contribution is -2.13. The van der Waals surface area contributed by atoms with Gasteiger partial charge in [-0.1, -0.05) is 20.8 Å². The first kappa shape index (κ1) is 12.3. The van der Waals surface area contributed by atoms with E-state index in [4.69, 9.17) is 5.11 Å². The summed E-state index contributed by atoms with van der Waals surface area (Å²) >= 11 is 1.99. The fourth-order valence-corrected chi connectivity index (χ4v) is 1.89. The summed E-state index contributed by atoms with van der Waals surface area (Å²) in [6, 6.07) is 0. The van der Waals surface area contributed by atoms with Crippen molar-refractivity contribution in [3.63, 3.8) is 0 Å². The Hall–Kier alpha value is 0.310. The molecule has 0 saturated heterocycles. The molecule has 0 fully saturated rings. The van der Waals surface area contributed by atoms with Crippen LogP contribution in [0.5, 0.6) is 0 Å². The van der Waals surface area contributed by atoms with E-state index in [-0.39, 0.29) is 0 Å². The first-order valence-electron chi connectivity index (χ1n) is 4.91. The Kier molecular flexibility index (Phi) is 8.14. The second-order valence-electron chi connectivity index (χ2n) is 3.53. The monoisotopic (exact) mass is 190 g/mol. The van der Waals surface area contributed by atoms with E-state index < -0.39 is 0 Å². The van der Waals surface area contributed by atoms with Crippen molar-refractivity contribution in [3.05, 3.63) is 0 Å². The molecule has 1 atom stereocenters. The van der Waals surface area contributed by atoms with Gasteiger partial charge in [0, 0.05) is 6.61 Å². The molecule has 0 radical (unpaired) electrons. The first-order chi connectivity index (χ1) is 5.72. The van der Waals surface area contributed by atoms with Gasteiger partial charge in [-0.25, -0.2) is 0 Å². The largest absolute Gasteiger partial charge is 0.396 e. The molecule has 1 nitrogen and oxygen atoms in total. The van der Waals surface area contributed by atoms with Crippen LogP contribution in [0.15, 0.2) is 0 Å². The smallest absolute Gasteiger partial charge is 0.0461 e. The van der Waals surface area contributed by atoms with Gasteiger partial charge in [0.2, 0.25) is 0 Å². The molecule has 0 rings (SSSR count). The summed E-state index contributed by atoms with van der Waals surface area (Å²) in [4.78, 5) is 0. The van der Waals surface area contributed by atoms with Crippen LogP contribution in [0.1, 0.15) is 33.6 Å². The highest BCUT2D eigenvalue weighted by Gasteiger charge is 2.10. The third kappa shape index (κ3) is 5.90. The molecular weight excluding hydrogens is 168 g/mol. The first-order valence-corrected chi connectivity index (χ1v) is 6.06. The van der Waals surface area contributed by atoms with E-state index in [1.165, 1.54) is 24.3 Å². The summed E-state index contributed by atoms with van der Waals surface area (Å²) < 4.78 is 0. The minimum Gasteiger partial charge on any atom is -0.396 e. The summed E-state index contributed by atoms with van der Waals surface area (Å²) in [6.45, 7) is 6.92. The zero-order valence-electron chi connectivity index (χ0n) is 8.55. The topological polar surface area (TPSA) is 20.2 Å².